The largest absolute Gasteiger partial charge is 0.324 e. The molecule has 0 aromatic heterocycles. The minimum absolute atomic E-state index is 0.0421. The molecule has 0 spiro atoms. The van der Waals surface area contributed by atoms with Crippen molar-refractivity contribution in [1.29, 1.82) is 0 Å². The van der Waals surface area contributed by atoms with Crippen molar-refractivity contribution in [1.82, 2.24) is 4.90 Å². The molecule has 1 aliphatic carbocycles. The topological polar surface area (TPSA) is 52.6 Å². The number of aryl methyl sites for hydroxylation is 1. The molecular formula is C24H28FN3O2. The number of halogens is 1. The molecule has 0 radical (unpaired) electrons. The number of hydrogen-bond donors (Lipinski definition) is 1. The second-order valence-corrected chi connectivity index (χ2v) is 8.33. The van der Waals surface area contributed by atoms with E-state index >= 15 is 0 Å². The maximum atomic E-state index is 13.5. The van der Waals surface area contributed by atoms with Gasteiger partial charge in [-0.2, -0.15) is 0 Å². The minimum Gasteiger partial charge on any atom is -0.324 e. The predicted octanol–water partition coefficient (Wildman–Crippen LogP) is 5.10. The van der Waals surface area contributed by atoms with Gasteiger partial charge in [0.05, 0.1) is 11.4 Å². The number of amides is 3. The Labute approximate surface area is 176 Å². The van der Waals surface area contributed by atoms with E-state index in [1.54, 1.807) is 15.9 Å². The lowest BCUT2D eigenvalue weighted by Crippen LogP contribution is -2.49. The summed E-state index contributed by atoms with van der Waals surface area (Å²) in [5.41, 5.74) is 3.21. The number of rotatable bonds is 5. The van der Waals surface area contributed by atoms with Gasteiger partial charge >= 0.3 is 6.03 Å². The summed E-state index contributed by atoms with van der Waals surface area (Å²) < 4.78 is 13.5. The van der Waals surface area contributed by atoms with Gasteiger partial charge in [-0.05, 0) is 61.6 Å². The van der Waals surface area contributed by atoms with Crippen molar-refractivity contribution in [3.05, 3.63) is 59.4 Å². The fourth-order valence-electron chi connectivity index (χ4n) is 4.42. The standard InChI is InChI=1S/C24H28FN3O2/c1-17-10-11-22(21(14-17)26-23(29)19-7-2-3-8-19)28-13-5-12-27(24(28)30)16-18-6-4-9-20(25)15-18/h4,6,9-11,14-15,19H,2-3,5,7-8,12-13,16H2,1H3,(H,26,29). The highest BCUT2D eigenvalue weighted by Gasteiger charge is 2.30. The Morgan fingerprint density at radius 1 is 1.10 bits per heavy atom. The summed E-state index contributed by atoms with van der Waals surface area (Å²) in [5, 5.41) is 3.08. The normalized spacial score (nSPS) is 17.5. The van der Waals surface area contributed by atoms with Gasteiger partial charge in [-0.3, -0.25) is 9.69 Å². The van der Waals surface area contributed by atoms with Crippen molar-refractivity contribution in [2.24, 2.45) is 5.92 Å². The monoisotopic (exact) mass is 409 g/mol. The number of nitrogens with zero attached hydrogens (tertiary/aromatic N) is 2. The molecule has 5 nitrogen and oxygen atoms in total. The quantitative estimate of drug-likeness (QED) is 0.747. The first-order valence-corrected chi connectivity index (χ1v) is 10.7. The Kier molecular flexibility index (Phi) is 6.02. The van der Waals surface area contributed by atoms with E-state index < -0.39 is 0 Å². The Morgan fingerprint density at radius 2 is 1.90 bits per heavy atom. The molecule has 158 valence electrons. The molecule has 1 heterocycles. The van der Waals surface area contributed by atoms with Gasteiger partial charge in [0.25, 0.3) is 0 Å². The van der Waals surface area contributed by atoms with Crippen LogP contribution in [0.25, 0.3) is 0 Å². The zero-order chi connectivity index (χ0) is 21.1. The first-order chi connectivity index (χ1) is 14.5. The second-order valence-electron chi connectivity index (χ2n) is 8.33. The molecule has 2 aromatic carbocycles. The highest BCUT2D eigenvalue weighted by molar-refractivity contribution is 6.01. The van der Waals surface area contributed by atoms with Crippen molar-refractivity contribution in [3.63, 3.8) is 0 Å². The first-order valence-electron chi connectivity index (χ1n) is 10.7. The van der Waals surface area contributed by atoms with Crippen molar-refractivity contribution >= 4 is 23.3 Å². The van der Waals surface area contributed by atoms with Crippen LogP contribution in [0.5, 0.6) is 0 Å². The molecule has 30 heavy (non-hydrogen) atoms. The highest BCUT2D eigenvalue weighted by atomic mass is 19.1. The minimum atomic E-state index is -0.302. The van der Waals surface area contributed by atoms with E-state index in [0.717, 1.165) is 48.9 Å². The summed E-state index contributed by atoms with van der Waals surface area (Å²) in [6.07, 6.45) is 4.86. The van der Waals surface area contributed by atoms with Gasteiger partial charge in [-0.15, -0.1) is 0 Å². The van der Waals surface area contributed by atoms with Gasteiger partial charge in [0, 0.05) is 25.6 Å². The maximum absolute atomic E-state index is 13.5. The number of nitrogens with one attached hydrogen (secondary N) is 1. The number of anilines is 2. The van der Waals surface area contributed by atoms with Gasteiger partial charge in [0.15, 0.2) is 0 Å². The summed E-state index contributed by atoms with van der Waals surface area (Å²) in [7, 11) is 0. The lowest BCUT2D eigenvalue weighted by atomic mass is 10.1. The number of carbonyl (C=O) groups is 2. The van der Waals surface area contributed by atoms with Crippen molar-refractivity contribution in [2.45, 2.75) is 45.6 Å². The average molecular weight is 410 g/mol. The van der Waals surface area contributed by atoms with Crippen LogP contribution in [0.1, 0.15) is 43.2 Å². The molecule has 0 atom stereocenters. The van der Waals surface area contributed by atoms with Gasteiger partial charge in [-0.25, -0.2) is 9.18 Å². The first kappa shape index (κ1) is 20.4. The number of benzene rings is 2. The van der Waals surface area contributed by atoms with Crippen LogP contribution in [0.3, 0.4) is 0 Å². The van der Waals surface area contributed by atoms with E-state index in [4.69, 9.17) is 0 Å². The van der Waals surface area contributed by atoms with Crippen LogP contribution in [0, 0.1) is 18.7 Å². The number of urea groups is 1. The Hall–Kier alpha value is -2.89. The SMILES string of the molecule is Cc1ccc(N2CCCN(Cc3cccc(F)c3)C2=O)c(NC(=O)C2CCCC2)c1. The Bertz CT molecular complexity index is 940. The van der Waals surface area contributed by atoms with Gasteiger partial charge in [0.2, 0.25) is 5.91 Å². The third-order valence-corrected chi connectivity index (χ3v) is 6.00. The van der Waals surface area contributed by atoms with Crippen LogP contribution in [0.15, 0.2) is 42.5 Å². The third kappa shape index (κ3) is 4.48. The molecule has 2 aliphatic rings. The van der Waals surface area contributed by atoms with Gasteiger partial charge in [-0.1, -0.05) is 31.0 Å². The van der Waals surface area contributed by atoms with E-state index in [-0.39, 0.29) is 23.7 Å². The molecule has 1 saturated heterocycles. The zero-order valence-corrected chi connectivity index (χ0v) is 17.4. The molecule has 1 N–H and O–H groups in total. The second kappa shape index (κ2) is 8.86. The van der Waals surface area contributed by atoms with Crippen molar-refractivity contribution in [2.75, 3.05) is 23.3 Å². The lowest BCUT2D eigenvalue weighted by Gasteiger charge is -2.36. The van der Waals surface area contributed by atoms with E-state index in [1.807, 2.05) is 31.2 Å². The predicted molar refractivity (Wildman–Crippen MR) is 116 cm³/mol. The molecular weight excluding hydrogens is 381 g/mol. The maximum Gasteiger partial charge on any atom is 0.324 e. The summed E-state index contributed by atoms with van der Waals surface area (Å²) in [6, 6.07) is 12.0. The van der Waals surface area contributed by atoms with Crippen LogP contribution in [-0.2, 0) is 11.3 Å². The van der Waals surface area contributed by atoms with E-state index in [2.05, 4.69) is 5.32 Å². The van der Waals surface area contributed by atoms with Gasteiger partial charge in [0.1, 0.15) is 5.82 Å². The zero-order valence-electron chi connectivity index (χ0n) is 17.4. The molecule has 6 heteroatoms. The Morgan fingerprint density at radius 3 is 2.67 bits per heavy atom. The molecule has 0 bridgehead atoms. The molecule has 2 fully saturated rings. The number of carbonyl (C=O) groups excluding carboxylic acids is 2. The fourth-order valence-corrected chi connectivity index (χ4v) is 4.42. The van der Waals surface area contributed by atoms with Crippen LogP contribution in [-0.4, -0.2) is 29.9 Å². The third-order valence-electron chi connectivity index (χ3n) is 6.00. The summed E-state index contributed by atoms with van der Waals surface area (Å²) in [5.74, 6) is -0.204. The number of hydrogen-bond acceptors (Lipinski definition) is 2. The molecule has 1 aliphatic heterocycles. The lowest BCUT2D eigenvalue weighted by molar-refractivity contribution is -0.119. The molecule has 1 saturated carbocycles. The van der Waals surface area contributed by atoms with Gasteiger partial charge < -0.3 is 10.2 Å². The average Bonchev–Trinajstić information content (AvgIpc) is 3.25. The summed E-state index contributed by atoms with van der Waals surface area (Å²) >= 11 is 0. The van der Waals surface area contributed by atoms with Crippen molar-refractivity contribution < 1.29 is 14.0 Å². The molecule has 0 unspecified atom stereocenters. The highest BCUT2D eigenvalue weighted by Crippen LogP contribution is 2.32. The van der Waals surface area contributed by atoms with E-state index in [1.165, 1.54) is 12.1 Å². The molecule has 3 amide bonds. The van der Waals surface area contributed by atoms with Crippen LogP contribution in [0.2, 0.25) is 0 Å². The van der Waals surface area contributed by atoms with E-state index in [9.17, 15) is 14.0 Å². The van der Waals surface area contributed by atoms with Crippen molar-refractivity contribution in [3.8, 4) is 0 Å². The van der Waals surface area contributed by atoms with Crippen LogP contribution < -0.4 is 10.2 Å². The fraction of sp³-hybridized carbons (Fsp3) is 0.417. The smallest absolute Gasteiger partial charge is 0.324 e. The summed E-state index contributed by atoms with van der Waals surface area (Å²) in [4.78, 5) is 29.4. The van der Waals surface area contributed by atoms with Crippen LogP contribution in [0.4, 0.5) is 20.6 Å². The van der Waals surface area contributed by atoms with Crippen LogP contribution >= 0.6 is 0 Å². The molecule has 2 aromatic rings. The van der Waals surface area contributed by atoms with E-state index in [0.29, 0.717) is 25.3 Å². The summed E-state index contributed by atoms with van der Waals surface area (Å²) in [6.45, 7) is 3.56. The molecule has 4 rings (SSSR count). The Balaban J connectivity index is 1.54.